The lowest BCUT2D eigenvalue weighted by molar-refractivity contribution is 0.0287. The summed E-state index contributed by atoms with van der Waals surface area (Å²) < 4.78 is 7.65. The van der Waals surface area contributed by atoms with E-state index in [2.05, 4.69) is 11.1 Å². The minimum absolute atomic E-state index is 0.0879. The number of hydrogen-bond acceptors (Lipinski definition) is 5. The fourth-order valence-corrected chi connectivity index (χ4v) is 5.57. The summed E-state index contributed by atoms with van der Waals surface area (Å²) in [6.07, 6.45) is 2.99. The van der Waals surface area contributed by atoms with Crippen LogP contribution in [-0.2, 0) is 0 Å². The molecule has 2 aliphatic rings. The van der Waals surface area contributed by atoms with Gasteiger partial charge in [-0.1, -0.05) is 30.3 Å². The number of ether oxygens (including phenoxy) is 1. The third-order valence-corrected chi connectivity index (χ3v) is 7.18. The number of thiophene rings is 1. The lowest BCUT2D eigenvalue weighted by atomic mass is 9.78. The Labute approximate surface area is 179 Å². The Morgan fingerprint density at radius 2 is 1.90 bits per heavy atom. The van der Waals surface area contributed by atoms with Crippen molar-refractivity contribution in [2.75, 3.05) is 20.1 Å². The van der Waals surface area contributed by atoms with E-state index in [0.717, 1.165) is 37.6 Å². The molecule has 3 heterocycles. The first-order valence-electron chi connectivity index (χ1n) is 10.1. The molecular weight excluding hydrogens is 394 g/mol. The Kier molecular flexibility index (Phi) is 4.59. The molecule has 0 aliphatic carbocycles. The Balaban J connectivity index is 1.41. The first-order valence-corrected chi connectivity index (χ1v) is 10.9. The predicted molar refractivity (Wildman–Crippen MR) is 121 cm³/mol. The molecule has 5 rings (SSSR count). The number of para-hydroxylation sites is 1. The van der Waals surface area contributed by atoms with Gasteiger partial charge in [0.15, 0.2) is 0 Å². The average Bonchev–Trinajstić information content (AvgIpc) is 3.22. The second-order valence-electron chi connectivity index (χ2n) is 7.69. The number of carbonyl (C=O) groups is 1. The number of aliphatic imine (C=N–C) groups is 1. The van der Waals surface area contributed by atoms with E-state index in [-0.39, 0.29) is 5.91 Å². The van der Waals surface area contributed by atoms with Gasteiger partial charge in [-0.05, 0) is 29.7 Å². The maximum absolute atomic E-state index is 13.1. The highest BCUT2D eigenvalue weighted by Crippen LogP contribution is 2.43. The van der Waals surface area contributed by atoms with Crippen LogP contribution in [0.15, 0.2) is 71.4 Å². The number of carbonyl (C=O) groups excluding carboxylic acids is 1. The number of benzene rings is 2. The topological polar surface area (TPSA) is 67.9 Å². The molecule has 0 bridgehead atoms. The molecule has 0 saturated carbocycles. The number of nitrogens with two attached hydrogens (primary N) is 1. The zero-order chi connectivity index (χ0) is 20.7. The Morgan fingerprint density at radius 1 is 1.17 bits per heavy atom. The van der Waals surface area contributed by atoms with Crippen molar-refractivity contribution < 1.29 is 9.53 Å². The summed E-state index contributed by atoms with van der Waals surface area (Å²) in [4.78, 5) is 20.4. The Morgan fingerprint density at radius 3 is 2.63 bits per heavy atom. The maximum Gasteiger partial charge on any atom is 0.263 e. The number of amides is 1. The van der Waals surface area contributed by atoms with Crippen LogP contribution in [0.3, 0.4) is 0 Å². The van der Waals surface area contributed by atoms with E-state index >= 15 is 0 Å². The van der Waals surface area contributed by atoms with Gasteiger partial charge in [-0.2, -0.15) is 0 Å². The van der Waals surface area contributed by atoms with Crippen LogP contribution in [0.1, 0.15) is 28.1 Å². The van der Waals surface area contributed by atoms with E-state index in [1.807, 2.05) is 53.4 Å². The first-order chi connectivity index (χ1) is 14.6. The second-order valence-corrected chi connectivity index (χ2v) is 8.77. The van der Waals surface area contributed by atoms with E-state index in [1.165, 1.54) is 0 Å². The zero-order valence-corrected chi connectivity index (χ0v) is 17.6. The zero-order valence-electron chi connectivity index (χ0n) is 16.8. The molecule has 1 spiro atoms. The summed E-state index contributed by atoms with van der Waals surface area (Å²) in [6.45, 7) is 1.23. The van der Waals surface area contributed by atoms with Gasteiger partial charge in [0.05, 0.1) is 10.6 Å². The summed E-state index contributed by atoms with van der Waals surface area (Å²) in [6, 6.07) is 18.0. The molecule has 2 aromatic carbocycles. The highest BCUT2D eigenvalue weighted by atomic mass is 32.1. The van der Waals surface area contributed by atoms with Crippen LogP contribution in [0.25, 0.3) is 10.1 Å². The maximum atomic E-state index is 13.1. The largest absolute Gasteiger partial charge is 0.482 e. The summed E-state index contributed by atoms with van der Waals surface area (Å²) in [7, 11) is 1.79. The number of fused-ring (bicyclic) bond motifs is 2. The van der Waals surface area contributed by atoms with E-state index in [0.29, 0.717) is 25.9 Å². The lowest BCUT2D eigenvalue weighted by Crippen LogP contribution is -2.54. The van der Waals surface area contributed by atoms with Crippen LogP contribution in [0, 0.1) is 0 Å². The van der Waals surface area contributed by atoms with Crippen LogP contribution in [0.2, 0.25) is 0 Å². The van der Waals surface area contributed by atoms with Gasteiger partial charge in [0.1, 0.15) is 11.4 Å². The molecule has 5 nitrogen and oxygen atoms in total. The standard InChI is InChI=1S/C24H23N3O2S/c1-26-22-17-7-3-4-8-19(17)29-24(18(22)15-25)10-12-27(13-11-24)23(28)21-14-16-6-2-5-9-20(16)30-21/h2-9,14-15H,10-13,25H2,1H3. The van der Waals surface area contributed by atoms with E-state index in [4.69, 9.17) is 10.5 Å². The highest BCUT2D eigenvalue weighted by Gasteiger charge is 2.46. The van der Waals surface area contributed by atoms with Crippen LogP contribution < -0.4 is 10.5 Å². The quantitative estimate of drug-likeness (QED) is 0.644. The molecular formula is C24H23N3O2S. The molecule has 3 aromatic rings. The SMILES string of the molecule is CN=C1C(=CN)C2(CCN(C(=O)c3cc4ccccc4s3)CC2)Oc2ccccc21. The number of rotatable bonds is 1. The highest BCUT2D eigenvalue weighted by molar-refractivity contribution is 7.20. The van der Waals surface area contributed by atoms with Gasteiger partial charge in [-0.25, -0.2) is 0 Å². The van der Waals surface area contributed by atoms with Crippen molar-refractivity contribution in [3.63, 3.8) is 0 Å². The molecule has 6 heteroatoms. The number of likely N-dealkylation sites (tertiary alicyclic amines) is 1. The molecule has 0 atom stereocenters. The van der Waals surface area contributed by atoms with Gasteiger partial charge < -0.3 is 15.4 Å². The number of piperidine rings is 1. The van der Waals surface area contributed by atoms with E-state index < -0.39 is 5.60 Å². The van der Waals surface area contributed by atoms with Crippen molar-refractivity contribution in [2.45, 2.75) is 18.4 Å². The van der Waals surface area contributed by atoms with Gasteiger partial charge in [-0.3, -0.25) is 9.79 Å². The first kappa shape index (κ1) is 18.9. The van der Waals surface area contributed by atoms with E-state index in [9.17, 15) is 4.79 Å². The summed E-state index contributed by atoms with van der Waals surface area (Å²) >= 11 is 1.55. The Hall–Kier alpha value is -3.12. The Bertz CT molecular complexity index is 1150. The fraction of sp³-hybridized carbons (Fsp3) is 0.250. The van der Waals surface area contributed by atoms with Crippen molar-refractivity contribution in [2.24, 2.45) is 10.7 Å². The molecule has 0 radical (unpaired) electrons. The van der Waals surface area contributed by atoms with Crippen molar-refractivity contribution in [1.82, 2.24) is 4.90 Å². The fourth-order valence-electron chi connectivity index (χ4n) is 4.53. The van der Waals surface area contributed by atoms with Crippen LogP contribution in [-0.4, -0.2) is 42.3 Å². The van der Waals surface area contributed by atoms with Gasteiger partial charge in [0.2, 0.25) is 0 Å². The van der Waals surface area contributed by atoms with Crippen molar-refractivity contribution >= 4 is 33.0 Å². The van der Waals surface area contributed by atoms with Gasteiger partial charge >= 0.3 is 0 Å². The molecule has 1 aromatic heterocycles. The lowest BCUT2D eigenvalue weighted by Gasteiger charge is -2.46. The molecule has 1 amide bonds. The summed E-state index contributed by atoms with van der Waals surface area (Å²) in [5, 5.41) is 1.11. The third-order valence-electron chi connectivity index (χ3n) is 6.08. The predicted octanol–water partition coefficient (Wildman–Crippen LogP) is 4.23. The van der Waals surface area contributed by atoms with Crippen LogP contribution in [0.4, 0.5) is 0 Å². The van der Waals surface area contributed by atoms with Crippen LogP contribution >= 0.6 is 11.3 Å². The number of nitrogens with zero attached hydrogens (tertiary/aromatic N) is 2. The molecule has 1 fully saturated rings. The third kappa shape index (κ3) is 2.91. The van der Waals surface area contributed by atoms with Gasteiger partial charge in [0.25, 0.3) is 5.91 Å². The van der Waals surface area contributed by atoms with Crippen LogP contribution in [0.5, 0.6) is 5.75 Å². The summed E-state index contributed by atoms with van der Waals surface area (Å²) in [5.41, 5.74) is 8.27. The van der Waals surface area contributed by atoms with Crippen molar-refractivity contribution in [3.8, 4) is 5.75 Å². The van der Waals surface area contributed by atoms with Gasteiger partial charge in [0, 0.05) is 55.0 Å². The molecule has 2 aliphatic heterocycles. The average molecular weight is 418 g/mol. The van der Waals surface area contributed by atoms with E-state index in [1.54, 1.807) is 24.6 Å². The molecule has 30 heavy (non-hydrogen) atoms. The smallest absolute Gasteiger partial charge is 0.263 e. The van der Waals surface area contributed by atoms with Crippen molar-refractivity contribution in [3.05, 3.63) is 76.8 Å². The minimum Gasteiger partial charge on any atom is -0.482 e. The number of hydrogen-bond donors (Lipinski definition) is 1. The molecule has 2 N–H and O–H groups in total. The molecule has 0 unspecified atom stereocenters. The minimum atomic E-state index is -0.547. The molecule has 152 valence electrons. The second kappa shape index (κ2) is 7.29. The normalized spacial score (nSPS) is 20.5. The van der Waals surface area contributed by atoms with Crippen molar-refractivity contribution in [1.29, 1.82) is 0 Å². The molecule has 1 saturated heterocycles. The monoisotopic (exact) mass is 417 g/mol. The van der Waals surface area contributed by atoms with Gasteiger partial charge in [-0.15, -0.1) is 11.3 Å². The summed E-state index contributed by atoms with van der Waals surface area (Å²) in [5.74, 6) is 0.915.